The fourth-order valence-corrected chi connectivity index (χ4v) is 6.17. The molecule has 12 heteroatoms. The summed E-state index contributed by atoms with van der Waals surface area (Å²) >= 11 is 0. The lowest BCUT2D eigenvalue weighted by molar-refractivity contribution is -0.384. The Labute approximate surface area is 268 Å². The second-order valence-electron chi connectivity index (χ2n) is 10.7. The van der Waals surface area contributed by atoms with Gasteiger partial charge in [-0.3, -0.25) is 10.1 Å². The van der Waals surface area contributed by atoms with Crippen molar-refractivity contribution in [3.8, 4) is 0 Å². The molecule has 0 aromatic heterocycles. The lowest BCUT2D eigenvalue weighted by Gasteiger charge is -2.45. The second-order valence-corrected chi connectivity index (χ2v) is 12.4. The molecule has 0 unspecified atom stereocenters. The van der Waals surface area contributed by atoms with E-state index < -0.39 is 45.7 Å². The molecule has 1 saturated heterocycles. The zero-order chi connectivity index (χ0) is 32.4. The van der Waals surface area contributed by atoms with Gasteiger partial charge in [0.15, 0.2) is 6.29 Å². The molecule has 242 valence electrons. The number of nitro groups is 1. The molecule has 1 fully saturated rings. The fourth-order valence-electron chi connectivity index (χ4n) is 5.12. The first-order valence-corrected chi connectivity index (χ1v) is 16.2. The first kappa shape index (κ1) is 33.4. The Morgan fingerprint density at radius 1 is 0.696 bits per heavy atom. The number of hydrogen-bond donors (Lipinski definition) is 1. The van der Waals surface area contributed by atoms with Crippen LogP contribution in [0.1, 0.15) is 16.7 Å². The summed E-state index contributed by atoms with van der Waals surface area (Å²) in [4.78, 5) is 10.3. The van der Waals surface area contributed by atoms with Crippen LogP contribution in [0.2, 0.25) is 0 Å². The Morgan fingerprint density at radius 2 is 1.15 bits per heavy atom. The molecule has 46 heavy (non-hydrogen) atoms. The van der Waals surface area contributed by atoms with Crippen molar-refractivity contribution < 1.29 is 37.0 Å². The van der Waals surface area contributed by atoms with Crippen LogP contribution in [0.3, 0.4) is 0 Å². The average molecular weight is 649 g/mol. The van der Waals surface area contributed by atoms with E-state index in [2.05, 4.69) is 4.72 Å². The number of benzene rings is 4. The second kappa shape index (κ2) is 16.0. The average Bonchev–Trinajstić information content (AvgIpc) is 3.09. The zero-order valence-electron chi connectivity index (χ0n) is 25.2. The molecule has 0 aliphatic carbocycles. The van der Waals surface area contributed by atoms with Gasteiger partial charge in [0.25, 0.3) is 5.69 Å². The lowest BCUT2D eigenvalue weighted by Crippen LogP contribution is -2.62. The van der Waals surface area contributed by atoms with Crippen LogP contribution in [0.4, 0.5) is 5.69 Å². The van der Waals surface area contributed by atoms with Crippen molar-refractivity contribution in [2.45, 2.75) is 55.4 Å². The van der Waals surface area contributed by atoms with Gasteiger partial charge < -0.3 is 23.7 Å². The third-order valence-electron chi connectivity index (χ3n) is 7.51. The largest absolute Gasteiger partial charge is 0.368 e. The zero-order valence-corrected chi connectivity index (χ0v) is 26.0. The fraction of sp³-hybridized carbons (Fsp3) is 0.294. The summed E-state index contributed by atoms with van der Waals surface area (Å²) in [5.74, 6) is 0. The van der Waals surface area contributed by atoms with Crippen LogP contribution in [-0.4, -0.2) is 57.7 Å². The summed E-state index contributed by atoms with van der Waals surface area (Å²) in [6.07, 6.45) is -4.05. The molecule has 0 bridgehead atoms. The van der Waals surface area contributed by atoms with E-state index in [0.29, 0.717) is 0 Å². The van der Waals surface area contributed by atoms with Gasteiger partial charge in [-0.25, -0.2) is 13.1 Å². The van der Waals surface area contributed by atoms with E-state index in [0.717, 1.165) is 28.8 Å². The smallest absolute Gasteiger partial charge is 0.269 e. The predicted octanol–water partition coefficient (Wildman–Crippen LogP) is 5.00. The molecular formula is C34H36N2O9S. The molecule has 5 rings (SSSR count). The molecule has 4 aromatic carbocycles. The van der Waals surface area contributed by atoms with Gasteiger partial charge in [0, 0.05) is 25.8 Å². The maximum absolute atomic E-state index is 13.2. The molecular weight excluding hydrogens is 612 g/mol. The summed E-state index contributed by atoms with van der Waals surface area (Å²) in [6, 6.07) is 33.5. The number of ether oxygens (including phenoxy) is 5. The number of methoxy groups -OCH3 is 1. The van der Waals surface area contributed by atoms with E-state index in [-0.39, 0.29) is 36.9 Å². The minimum absolute atomic E-state index is 0.125. The first-order valence-electron chi connectivity index (χ1n) is 14.7. The predicted molar refractivity (Wildman–Crippen MR) is 169 cm³/mol. The Kier molecular flexibility index (Phi) is 11.6. The molecule has 4 aromatic rings. The van der Waals surface area contributed by atoms with E-state index in [1.165, 1.54) is 19.2 Å². The summed E-state index contributed by atoms with van der Waals surface area (Å²) in [7, 11) is -2.58. The monoisotopic (exact) mass is 648 g/mol. The standard InChI is InChI=1S/C34H36N2O9S/c1-41-34-33(44-24-27-15-9-4-10-16-27)32(43-23-26-13-7-3-8-14-26)31(42-22-25-11-5-2-6-12-25)30(45-34)21-35-46(39,40)29-19-17-28(18-20-29)36(37)38/h2-20,30-35H,21-24H2,1H3/t30-,31-,32+,33-,34+/m1/s1. The van der Waals surface area contributed by atoms with E-state index in [9.17, 15) is 18.5 Å². The van der Waals surface area contributed by atoms with E-state index in [4.69, 9.17) is 23.7 Å². The van der Waals surface area contributed by atoms with Gasteiger partial charge in [-0.1, -0.05) is 91.0 Å². The normalized spacial score (nSPS) is 21.5. The third kappa shape index (κ3) is 8.83. The third-order valence-corrected chi connectivity index (χ3v) is 8.95. The van der Waals surface area contributed by atoms with Crippen molar-refractivity contribution in [2.24, 2.45) is 0 Å². The number of hydrogen-bond acceptors (Lipinski definition) is 9. The maximum atomic E-state index is 13.2. The van der Waals surface area contributed by atoms with E-state index in [1.807, 2.05) is 91.0 Å². The summed E-state index contributed by atoms with van der Waals surface area (Å²) in [5.41, 5.74) is 2.57. The van der Waals surface area contributed by atoms with Crippen molar-refractivity contribution in [1.29, 1.82) is 0 Å². The van der Waals surface area contributed by atoms with Gasteiger partial charge in [-0.15, -0.1) is 0 Å². The molecule has 1 aliphatic heterocycles. The van der Waals surface area contributed by atoms with Crippen molar-refractivity contribution >= 4 is 15.7 Å². The van der Waals surface area contributed by atoms with Crippen molar-refractivity contribution in [1.82, 2.24) is 4.72 Å². The van der Waals surface area contributed by atoms with Crippen LogP contribution in [0, 0.1) is 10.1 Å². The van der Waals surface area contributed by atoms with Gasteiger partial charge in [-0.2, -0.15) is 0 Å². The van der Waals surface area contributed by atoms with Crippen LogP contribution in [0.25, 0.3) is 0 Å². The minimum Gasteiger partial charge on any atom is -0.368 e. The molecule has 1 heterocycles. The number of nitrogens with zero attached hydrogens (tertiary/aromatic N) is 1. The number of rotatable bonds is 15. The van der Waals surface area contributed by atoms with Crippen molar-refractivity contribution in [3.05, 3.63) is 142 Å². The van der Waals surface area contributed by atoms with Crippen molar-refractivity contribution in [2.75, 3.05) is 13.7 Å². The van der Waals surface area contributed by atoms with Gasteiger partial charge in [-0.05, 0) is 28.8 Å². The highest BCUT2D eigenvalue weighted by molar-refractivity contribution is 7.89. The Morgan fingerprint density at radius 3 is 1.61 bits per heavy atom. The van der Waals surface area contributed by atoms with Gasteiger partial charge in [0.05, 0.1) is 29.6 Å². The molecule has 5 atom stereocenters. The van der Waals surface area contributed by atoms with Gasteiger partial charge in [0.2, 0.25) is 10.0 Å². The van der Waals surface area contributed by atoms with Crippen LogP contribution in [0.15, 0.2) is 120 Å². The first-order chi connectivity index (χ1) is 22.3. The van der Waals surface area contributed by atoms with E-state index in [1.54, 1.807) is 0 Å². The number of non-ortho nitro benzene ring substituents is 1. The SMILES string of the molecule is CO[C@H]1O[C@H](CNS(=O)(=O)c2ccc([N+](=O)[O-])cc2)[C@@H](OCc2ccccc2)[C@H](OCc2ccccc2)[C@H]1OCc1ccccc1. The molecule has 0 radical (unpaired) electrons. The summed E-state index contributed by atoms with van der Waals surface area (Å²) in [6.45, 7) is 0.492. The molecule has 0 amide bonds. The molecule has 0 saturated carbocycles. The summed E-state index contributed by atoms with van der Waals surface area (Å²) < 4.78 is 60.6. The van der Waals surface area contributed by atoms with Crippen LogP contribution >= 0.6 is 0 Å². The Hall–Kier alpha value is -4.01. The molecule has 1 aliphatic rings. The summed E-state index contributed by atoms with van der Waals surface area (Å²) in [5, 5.41) is 11.1. The number of sulfonamides is 1. The topological polar surface area (TPSA) is 135 Å². The van der Waals surface area contributed by atoms with Crippen LogP contribution < -0.4 is 4.72 Å². The Bertz CT molecular complexity index is 1630. The van der Waals surface area contributed by atoms with Crippen molar-refractivity contribution in [3.63, 3.8) is 0 Å². The van der Waals surface area contributed by atoms with Gasteiger partial charge >= 0.3 is 0 Å². The van der Waals surface area contributed by atoms with E-state index >= 15 is 0 Å². The molecule has 1 N–H and O–H groups in total. The minimum atomic E-state index is -4.07. The number of nitro benzene ring substituents is 1. The Balaban J connectivity index is 1.42. The highest BCUT2D eigenvalue weighted by atomic mass is 32.2. The molecule has 0 spiro atoms. The maximum Gasteiger partial charge on any atom is 0.269 e. The highest BCUT2D eigenvalue weighted by Gasteiger charge is 2.49. The lowest BCUT2D eigenvalue weighted by atomic mass is 9.97. The highest BCUT2D eigenvalue weighted by Crippen LogP contribution is 2.31. The van der Waals surface area contributed by atoms with Crippen LogP contribution in [-0.2, 0) is 53.5 Å². The van der Waals surface area contributed by atoms with Gasteiger partial charge in [0.1, 0.15) is 24.4 Å². The van der Waals surface area contributed by atoms with Crippen LogP contribution in [0.5, 0.6) is 0 Å². The molecule has 11 nitrogen and oxygen atoms in total. The number of nitrogens with one attached hydrogen (secondary N) is 1. The quantitative estimate of drug-likeness (QED) is 0.140.